The highest BCUT2D eigenvalue weighted by Crippen LogP contribution is 2.23. The number of phenols is 1. The Morgan fingerprint density at radius 3 is 2.94 bits per heavy atom. The van der Waals surface area contributed by atoms with E-state index in [4.69, 9.17) is 4.74 Å². The van der Waals surface area contributed by atoms with E-state index in [0.717, 1.165) is 5.69 Å². The first-order valence-corrected chi connectivity index (χ1v) is 5.41. The van der Waals surface area contributed by atoms with Gasteiger partial charge in [-0.2, -0.15) is 5.10 Å². The maximum atomic E-state index is 11.5. The van der Waals surface area contributed by atoms with Crippen LogP contribution in [-0.2, 0) is 11.3 Å². The highest BCUT2D eigenvalue weighted by molar-refractivity contribution is 5.77. The molecule has 18 heavy (non-hydrogen) atoms. The number of hydrogen-bond donors (Lipinski definition) is 3. The van der Waals surface area contributed by atoms with E-state index in [1.165, 1.54) is 6.07 Å². The van der Waals surface area contributed by atoms with E-state index in [-0.39, 0.29) is 24.0 Å². The van der Waals surface area contributed by atoms with Crippen molar-refractivity contribution in [2.75, 3.05) is 6.61 Å². The summed E-state index contributed by atoms with van der Waals surface area (Å²) in [7, 11) is 0. The van der Waals surface area contributed by atoms with Crippen LogP contribution in [0.4, 0.5) is 0 Å². The molecule has 1 aromatic heterocycles. The number of phenolic OH excluding ortho intramolecular Hbond substituents is 1. The van der Waals surface area contributed by atoms with Crippen LogP contribution in [0.1, 0.15) is 5.69 Å². The average molecular weight is 247 g/mol. The topological polar surface area (TPSA) is 87.2 Å². The van der Waals surface area contributed by atoms with Crippen LogP contribution in [0.2, 0.25) is 0 Å². The molecule has 0 unspecified atom stereocenters. The fourth-order valence-corrected chi connectivity index (χ4v) is 1.35. The van der Waals surface area contributed by atoms with Crippen LogP contribution in [0.25, 0.3) is 0 Å². The van der Waals surface area contributed by atoms with Crippen molar-refractivity contribution < 1.29 is 14.6 Å². The summed E-state index contributed by atoms with van der Waals surface area (Å²) >= 11 is 0. The number of amides is 1. The molecule has 1 heterocycles. The number of para-hydroxylation sites is 2. The molecule has 6 nitrogen and oxygen atoms in total. The van der Waals surface area contributed by atoms with E-state index in [0.29, 0.717) is 6.54 Å². The van der Waals surface area contributed by atoms with Crippen molar-refractivity contribution in [3.8, 4) is 11.5 Å². The monoisotopic (exact) mass is 247 g/mol. The van der Waals surface area contributed by atoms with E-state index in [1.807, 2.05) is 0 Å². The maximum Gasteiger partial charge on any atom is 0.258 e. The summed E-state index contributed by atoms with van der Waals surface area (Å²) in [5.74, 6) is 0.0286. The van der Waals surface area contributed by atoms with Gasteiger partial charge in [-0.15, -0.1) is 0 Å². The minimum Gasteiger partial charge on any atom is -0.504 e. The van der Waals surface area contributed by atoms with Gasteiger partial charge in [0.1, 0.15) is 0 Å². The lowest BCUT2D eigenvalue weighted by atomic mass is 10.3. The number of carbonyl (C=O) groups is 1. The van der Waals surface area contributed by atoms with Crippen molar-refractivity contribution in [3.63, 3.8) is 0 Å². The van der Waals surface area contributed by atoms with Gasteiger partial charge >= 0.3 is 0 Å². The number of rotatable bonds is 5. The Balaban J connectivity index is 1.77. The van der Waals surface area contributed by atoms with E-state index >= 15 is 0 Å². The Labute approximate surface area is 104 Å². The van der Waals surface area contributed by atoms with Crippen LogP contribution < -0.4 is 10.1 Å². The van der Waals surface area contributed by atoms with Crippen LogP contribution in [0.3, 0.4) is 0 Å². The zero-order chi connectivity index (χ0) is 12.8. The van der Waals surface area contributed by atoms with Gasteiger partial charge < -0.3 is 15.2 Å². The molecule has 0 atom stereocenters. The Kier molecular flexibility index (Phi) is 3.80. The zero-order valence-corrected chi connectivity index (χ0v) is 9.59. The molecule has 0 fully saturated rings. The molecule has 0 saturated carbocycles. The molecule has 1 aromatic carbocycles. The van der Waals surface area contributed by atoms with Gasteiger partial charge in [0.15, 0.2) is 18.1 Å². The quantitative estimate of drug-likeness (QED) is 0.729. The third kappa shape index (κ3) is 3.24. The molecule has 0 bridgehead atoms. The largest absolute Gasteiger partial charge is 0.504 e. The second-order valence-electron chi connectivity index (χ2n) is 3.62. The summed E-state index contributed by atoms with van der Waals surface area (Å²) in [6, 6.07) is 8.26. The lowest BCUT2D eigenvalue weighted by molar-refractivity contribution is -0.123. The van der Waals surface area contributed by atoms with Crippen LogP contribution >= 0.6 is 0 Å². The van der Waals surface area contributed by atoms with Crippen LogP contribution in [0.5, 0.6) is 11.5 Å². The van der Waals surface area contributed by atoms with Crippen molar-refractivity contribution in [2.45, 2.75) is 6.54 Å². The van der Waals surface area contributed by atoms with Gasteiger partial charge in [0, 0.05) is 6.20 Å². The van der Waals surface area contributed by atoms with Crippen LogP contribution in [0, 0.1) is 0 Å². The summed E-state index contributed by atoms with van der Waals surface area (Å²) in [6.45, 7) is 0.217. The van der Waals surface area contributed by atoms with Crippen molar-refractivity contribution in [3.05, 3.63) is 42.2 Å². The highest BCUT2D eigenvalue weighted by Gasteiger charge is 2.05. The highest BCUT2D eigenvalue weighted by atomic mass is 16.5. The molecule has 0 aliphatic carbocycles. The molecular formula is C12H13N3O3. The van der Waals surface area contributed by atoms with Gasteiger partial charge in [0.2, 0.25) is 0 Å². The zero-order valence-electron chi connectivity index (χ0n) is 9.59. The molecule has 3 N–H and O–H groups in total. The standard InChI is InChI=1S/C12H13N3O3/c16-10-3-1-2-4-11(10)18-8-12(17)13-7-9-5-6-14-15-9/h1-6,16H,7-8H2,(H,13,17)(H,14,15). The fraction of sp³-hybridized carbons (Fsp3) is 0.167. The maximum absolute atomic E-state index is 11.5. The molecular weight excluding hydrogens is 234 g/mol. The van der Waals surface area contributed by atoms with Crippen LogP contribution in [0.15, 0.2) is 36.5 Å². The average Bonchev–Trinajstić information content (AvgIpc) is 2.88. The predicted octanol–water partition coefficient (Wildman–Crippen LogP) is 0.810. The van der Waals surface area contributed by atoms with Gasteiger partial charge in [-0.3, -0.25) is 9.89 Å². The summed E-state index contributed by atoms with van der Waals surface area (Å²) < 4.78 is 5.18. The minimum absolute atomic E-state index is 0.0128. The van der Waals surface area contributed by atoms with Gasteiger partial charge in [0.05, 0.1) is 12.2 Å². The van der Waals surface area contributed by atoms with E-state index in [1.54, 1.807) is 30.5 Å². The molecule has 94 valence electrons. The number of hydrogen-bond acceptors (Lipinski definition) is 4. The predicted molar refractivity (Wildman–Crippen MR) is 64.0 cm³/mol. The number of carbonyl (C=O) groups excluding carboxylic acids is 1. The van der Waals surface area contributed by atoms with Gasteiger partial charge in [-0.05, 0) is 18.2 Å². The number of aromatic amines is 1. The number of nitrogens with zero attached hydrogens (tertiary/aromatic N) is 1. The van der Waals surface area contributed by atoms with Crippen molar-refractivity contribution >= 4 is 5.91 Å². The van der Waals surface area contributed by atoms with E-state index in [2.05, 4.69) is 15.5 Å². The lowest BCUT2D eigenvalue weighted by Crippen LogP contribution is -2.28. The summed E-state index contributed by atoms with van der Waals surface area (Å²) in [6.07, 6.45) is 1.61. The van der Waals surface area contributed by atoms with E-state index < -0.39 is 0 Å². The normalized spacial score (nSPS) is 10.0. The molecule has 0 aliphatic heterocycles. The Bertz CT molecular complexity index is 511. The Hall–Kier alpha value is -2.50. The Morgan fingerprint density at radius 1 is 1.39 bits per heavy atom. The second kappa shape index (κ2) is 5.72. The SMILES string of the molecule is O=C(COc1ccccc1O)NCc1ccn[nH]1. The van der Waals surface area contributed by atoms with E-state index in [9.17, 15) is 9.90 Å². The van der Waals surface area contributed by atoms with Crippen molar-refractivity contribution in [1.29, 1.82) is 0 Å². The third-order valence-electron chi connectivity index (χ3n) is 2.26. The summed E-state index contributed by atoms with van der Waals surface area (Å²) in [5.41, 5.74) is 0.811. The van der Waals surface area contributed by atoms with Crippen molar-refractivity contribution in [2.24, 2.45) is 0 Å². The molecule has 1 amide bonds. The summed E-state index contributed by atoms with van der Waals surface area (Å²) in [4.78, 5) is 11.5. The van der Waals surface area contributed by atoms with Gasteiger partial charge in [-0.1, -0.05) is 12.1 Å². The number of aromatic hydroxyl groups is 1. The molecule has 6 heteroatoms. The molecule has 2 rings (SSSR count). The Morgan fingerprint density at radius 2 is 2.22 bits per heavy atom. The molecule has 0 spiro atoms. The van der Waals surface area contributed by atoms with Crippen molar-refractivity contribution in [1.82, 2.24) is 15.5 Å². The minimum atomic E-state index is -0.271. The van der Waals surface area contributed by atoms with Crippen LogP contribution in [-0.4, -0.2) is 27.8 Å². The number of ether oxygens (including phenoxy) is 1. The first-order valence-electron chi connectivity index (χ1n) is 5.41. The van der Waals surface area contributed by atoms with Gasteiger partial charge in [0.25, 0.3) is 5.91 Å². The summed E-state index contributed by atoms with van der Waals surface area (Å²) in [5, 5.41) is 18.6. The molecule has 2 aromatic rings. The third-order valence-corrected chi connectivity index (χ3v) is 2.26. The number of aromatic nitrogens is 2. The number of nitrogens with one attached hydrogen (secondary N) is 2. The number of H-pyrrole nitrogens is 1. The molecule has 0 saturated heterocycles. The lowest BCUT2D eigenvalue weighted by Gasteiger charge is -2.07. The molecule has 0 aliphatic rings. The molecule has 0 radical (unpaired) electrons. The second-order valence-corrected chi connectivity index (χ2v) is 3.62. The smallest absolute Gasteiger partial charge is 0.258 e. The fourth-order valence-electron chi connectivity index (χ4n) is 1.35. The van der Waals surface area contributed by atoms with Gasteiger partial charge in [-0.25, -0.2) is 0 Å². The first kappa shape index (κ1) is 12.0. The first-order chi connectivity index (χ1) is 8.75. The number of benzene rings is 1.